The molecule has 0 aliphatic heterocycles. The highest BCUT2D eigenvalue weighted by Gasteiger charge is 2.25. The van der Waals surface area contributed by atoms with Gasteiger partial charge in [0, 0.05) is 26.6 Å². The van der Waals surface area contributed by atoms with Crippen molar-refractivity contribution in [3.05, 3.63) is 0 Å². The lowest BCUT2D eigenvalue weighted by Crippen LogP contribution is -2.26. The van der Waals surface area contributed by atoms with Crippen LogP contribution < -0.4 is 0 Å². The first-order valence-electron chi connectivity index (χ1n) is 4.24. The summed E-state index contributed by atoms with van der Waals surface area (Å²) in [5.41, 5.74) is 0. The average molecular weight is 156 g/mol. The summed E-state index contributed by atoms with van der Waals surface area (Å²) in [7, 11) is 1.70. The lowest BCUT2D eigenvalue weighted by molar-refractivity contribution is -0.123. The molecule has 2 unspecified atom stereocenters. The van der Waals surface area contributed by atoms with E-state index >= 15 is 0 Å². The molecule has 0 bridgehead atoms. The van der Waals surface area contributed by atoms with Crippen LogP contribution in [0.15, 0.2) is 0 Å². The van der Waals surface area contributed by atoms with Crippen molar-refractivity contribution in [2.75, 3.05) is 13.7 Å². The molecule has 11 heavy (non-hydrogen) atoms. The number of carbonyl (C=O) groups is 1. The molecule has 1 rings (SSSR count). The minimum atomic E-state index is 0.408. The third-order valence-electron chi connectivity index (χ3n) is 2.55. The van der Waals surface area contributed by atoms with Gasteiger partial charge < -0.3 is 4.74 Å². The van der Waals surface area contributed by atoms with Crippen LogP contribution in [0.5, 0.6) is 0 Å². The van der Waals surface area contributed by atoms with Gasteiger partial charge in [-0.15, -0.1) is 0 Å². The molecule has 0 aromatic heterocycles. The fourth-order valence-electron chi connectivity index (χ4n) is 1.66. The summed E-state index contributed by atoms with van der Waals surface area (Å²) in [5, 5.41) is 0. The van der Waals surface area contributed by atoms with Crippen LogP contribution in [0.1, 0.15) is 26.2 Å². The Hall–Kier alpha value is -0.370. The molecule has 1 aliphatic rings. The molecule has 0 spiro atoms. The van der Waals surface area contributed by atoms with Crippen LogP contribution in [0, 0.1) is 11.8 Å². The second-order valence-electron chi connectivity index (χ2n) is 3.47. The molecule has 2 heteroatoms. The number of rotatable bonds is 2. The monoisotopic (exact) mass is 156 g/mol. The van der Waals surface area contributed by atoms with E-state index in [4.69, 9.17) is 4.74 Å². The fraction of sp³-hybridized carbons (Fsp3) is 0.889. The number of hydrogen-bond acceptors (Lipinski definition) is 2. The van der Waals surface area contributed by atoms with Crippen molar-refractivity contribution in [3.63, 3.8) is 0 Å². The van der Waals surface area contributed by atoms with Gasteiger partial charge in [0.2, 0.25) is 0 Å². The Morgan fingerprint density at radius 2 is 2.36 bits per heavy atom. The van der Waals surface area contributed by atoms with Crippen molar-refractivity contribution >= 4 is 5.78 Å². The van der Waals surface area contributed by atoms with Gasteiger partial charge in [-0.1, -0.05) is 6.92 Å². The quantitative estimate of drug-likeness (QED) is 0.607. The van der Waals surface area contributed by atoms with Crippen molar-refractivity contribution in [1.29, 1.82) is 0 Å². The first kappa shape index (κ1) is 8.72. The van der Waals surface area contributed by atoms with Crippen LogP contribution >= 0.6 is 0 Å². The summed E-state index contributed by atoms with van der Waals surface area (Å²) in [5.74, 6) is 1.54. The SMILES string of the molecule is COCC1CC(=O)CCC1C. The van der Waals surface area contributed by atoms with E-state index in [2.05, 4.69) is 6.92 Å². The van der Waals surface area contributed by atoms with Crippen LogP contribution in [0.2, 0.25) is 0 Å². The zero-order valence-electron chi connectivity index (χ0n) is 7.30. The molecule has 0 heterocycles. The van der Waals surface area contributed by atoms with Gasteiger partial charge in [0.15, 0.2) is 0 Å². The zero-order chi connectivity index (χ0) is 8.27. The minimum Gasteiger partial charge on any atom is -0.384 e. The van der Waals surface area contributed by atoms with Gasteiger partial charge >= 0.3 is 0 Å². The maximum absolute atomic E-state index is 11.0. The van der Waals surface area contributed by atoms with Crippen LogP contribution in [-0.4, -0.2) is 19.5 Å². The molecular weight excluding hydrogens is 140 g/mol. The maximum atomic E-state index is 11.0. The number of methoxy groups -OCH3 is 1. The zero-order valence-corrected chi connectivity index (χ0v) is 7.30. The normalized spacial score (nSPS) is 32.4. The van der Waals surface area contributed by atoms with E-state index in [1.54, 1.807) is 7.11 Å². The van der Waals surface area contributed by atoms with Crippen LogP contribution in [0.25, 0.3) is 0 Å². The number of Topliss-reactive ketones (excluding diaryl/α,β-unsaturated/α-hetero) is 1. The Balaban J connectivity index is 2.40. The highest BCUT2D eigenvalue weighted by molar-refractivity contribution is 5.79. The Kier molecular flexibility index (Phi) is 3.06. The molecule has 2 nitrogen and oxygen atoms in total. The Morgan fingerprint density at radius 1 is 1.64 bits per heavy atom. The largest absolute Gasteiger partial charge is 0.384 e. The van der Waals surface area contributed by atoms with E-state index < -0.39 is 0 Å². The van der Waals surface area contributed by atoms with Crippen LogP contribution in [0.4, 0.5) is 0 Å². The number of carbonyl (C=O) groups excluding carboxylic acids is 1. The van der Waals surface area contributed by atoms with Gasteiger partial charge in [0.25, 0.3) is 0 Å². The maximum Gasteiger partial charge on any atom is 0.133 e. The molecule has 2 atom stereocenters. The minimum absolute atomic E-state index is 0.408. The van der Waals surface area contributed by atoms with E-state index in [1.165, 1.54) is 0 Å². The molecule has 64 valence electrons. The van der Waals surface area contributed by atoms with Gasteiger partial charge in [-0.25, -0.2) is 0 Å². The Bertz CT molecular complexity index is 142. The molecule has 1 saturated carbocycles. The predicted octanol–water partition coefficient (Wildman–Crippen LogP) is 1.64. The van der Waals surface area contributed by atoms with Crippen molar-refractivity contribution in [2.24, 2.45) is 11.8 Å². The van der Waals surface area contributed by atoms with E-state index in [0.717, 1.165) is 25.9 Å². The van der Waals surface area contributed by atoms with E-state index in [1.807, 2.05) is 0 Å². The fourth-order valence-corrected chi connectivity index (χ4v) is 1.66. The molecule has 0 N–H and O–H groups in total. The molecule has 1 aliphatic carbocycles. The Labute approximate surface area is 67.9 Å². The van der Waals surface area contributed by atoms with Gasteiger partial charge in [0.05, 0.1) is 0 Å². The van der Waals surface area contributed by atoms with E-state index in [0.29, 0.717) is 17.6 Å². The summed E-state index contributed by atoms with van der Waals surface area (Å²) in [6.45, 7) is 2.95. The topological polar surface area (TPSA) is 26.3 Å². The number of ether oxygens (including phenoxy) is 1. The summed E-state index contributed by atoms with van der Waals surface area (Å²) < 4.78 is 5.05. The molecule has 0 amide bonds. The summed E-state index contributed by atoms with van der Waals surface area (Å²) in [6, 6.07) is 0. The van der Waals surface area contributed by atoms with Gasteiger partial charge in [0.1, 0.15) is 5.78 Å². The van der Waals surface area contributed by atoms with Gasteiger partial charge in [-0.2, -0.15) is 0 Å². The molecule has 0 saturated heterocycles. The molecule has 0 aromatic rings. The predicted molar refractivity (Wildman–Crippen MR) is 43.4 cm³/mol. The van der Waals surface area contributed by atoms with Crippen molar-refractivity contribution < 1.29 is 9.53 Å². The van der Waals surface area contributed by atoms with Gasteiger partial charge in [-0.3, -0.25) is 4.79 Å². The highest BCUT2D eigenvalue weighted by Crippen LogP contribution is 2.27. The second kappa shape index (κ2) is 3.86. The lowest BCUT2D eigenvalue weighted by Gasteiger charge is -2.26. The van der Waals surface area contributed by atoms with Gasteiger partial charge in [-0.05, 0) is 18.3 Å². The molecule has 1 fully saturated rings. The average Bonchev–Trinajstić information content (AvgIpc) is 1.98. The highest BCUT2D eigenvalue weighted by atomic mass is 16.5. The lowest BCUT2D eigenvalue weighted by atomic mass is 9.80. The summed E-state index contributed by atoms with van der Waals surface area (Å²) in [6.07, 6.45) is 2.56. The smallest absolute Gasteiger partial charge is 0.133 e. The second-order valence-corrected chi connectivity index (χ2v) is 3.47. The van der Waals surface area contributed by atoms with Crippen LogP contribution in [0.3, 0.4) is 0 Å². The number of ketones is 1. The summed E-state index contributed by atoms with van der Waals surface area (Å²) >= 11 is 0. The standard InChI is InChI=1S/C9H16O2/c1-7-3-4-9(10)5-8(7)6-11-2/h7-8H,3-6H2,1-2H3. The third kappa shape index (κ3) is 2.29. The van der Waals surface area contributed by atoms with E-state index in [-0.39, 0.29) is 0 Å². The Morgan fingerprint density at radius 3 is 3.00 bits per heavy atom. The van der Waals surface area contributed by atoms with Crippen molar-refractivity contribution in [2.45, 2.75) is 26.2 Å². The van der Waals surface area contributed by atoms with E-state index in [9.17, 15) is 4.79 Å². The molecule has 0 aromatic carbocycles. The first-order chi connectivity index (χ1) is 5.24. The first-order valence-corrected chi connectivity index (χ1v) is 4.24. The summed E-state index contributed by atoms with van der Waals surface area (Å²) in [4.78, 5) is 11.0. The third-order valence-corrected chi connectivity index (χ3v) is 2.55. The molecule has 0 radical (unpaired) electrons. The van der Waals surface area contributed by atoms with Crippen LogP contribution in [-0.2, 0) is 9.53 Å². The number of hydrogen-bond donors (Lipinski definition) is 0. The molecular formula is C9H16O2. The van der Waals surface area contributed by atoms with Crippen molar-refractivity contribution in [3.8, 4) is 0 Å². The van der Waals surface area contributed by atoms with Crippen molar-refractivity contribution in [1.82, 2.24) is 0 Å².